The van der Waals surface area contributed by atoms with E-state index in [9.17, 15) is 0 Å². The Labute approximate surface area is 112 Å². The fourth-order valence-electron chi connectivity index (χ4n) is 3.14. The normalized spacial score (nSPS) is 28.2. The minimum Gasteiger partial charge on any atom is -0.303 e. The van der Waals surface area contributed by atoms with E-state index in [0.717, 1.165) is 16.3 Å². The van der Waals surface area contributed by atoms with Crippen molar-refractivity contribution in [3.63, 3.8) is 0 Å². The number of hydrogen-bond acceptors (Lipinski definition) is 1. The first-order chi connectivity index (χ1) is 8.26. The molecule has 2 aliphatic rings. The average molecular weight is 292 g/mol. The van der Waals surface area contributed by atoms with Crippen molar-refractivity contribution in [1.29, 1.82) is 0 Å². The summed E-state index contributed by atoms with van der Waals surface area (Å²) in [7, 11) is 0. The number of halogens is 1. The van der Waals surface area contributed by atoms with E-state index < -0.39 is 0 Å². The molecule has 2 heteroatoms. The maximum Gasteiger partial charge on any atom is 0.0175 e. The Kier molecular flexibility index (Phi) is 3.10. The van der Waals surface area contributed by atoms with Crippen molar-refractivity contribution in [3.05, 3.63) is 40.4 Å². The van der Waals surface area contributed by atoms with Crippen molar-refractivity contribution in [2.24, 2.45) is 11.8 Å². The van der Waals surface area contributed by atoms with Gasteiger partial charge in [0.2, 0.25) is 0 Å². The van der Waals surface area contributed by atoms with Gasteiger partial charge >= 0.3 is 0 Å². The molecule has 1 aromatic rings. The zero-order valence-electron chi connectivity index (χ0n) is 10.2. The summed E-state index contributed by atoms with van der Waals surface area (Å²) in [6.45, 7) is 6.02. The van der Waals surface area contributed by atoms with Crippen LogP contribution in [0, 0.1) is 11.8 Å². The number of allylic oxidation sites excluding steroid dienone is 1. The van der Waals surface area contributed by atoms with Gasteiger partial charge in [0.25, 0.3) is 0 Å². The zero-order chi connectivity index (χ0) is 11.8. The number of fused-ring (bicyclic) bond motifs is 1. The van der Waals surface area contributed by atoms with E-state index in [4.69, 9.17) is 0 Å². The van der Waals surface area contributed by atoms with Crippen molar-refractivity contribution in [3.8, 4) is 0 Å². The lowest BCUT2D eigenvalue weighted by Gasteiger charge is -2.13. The van der Waals surface area contributed by atoms with Crippen LogP contribution in [0.2, 0.25) is 0 Å². The molecular weight excluding hydrogens is 274 g/mol. The SMILES string of the molecule is CCN1C[C@@H]2CC(c3ccc(Br)cc3)=C[C@@H]2C1. The van der Waals surface area contributed by atoms with Crippen molar-refractivity contribution in [1.82, 2.24) is 4.90 Å². The molecule has 90 valence electrons. The zero-order valence-corrected chi connectivity index (χ0v) is 11.8. The highest BCUT2D eigenvalue weighted by Crippen LogP contribution is 2.40. The number of nitrogens with zero attached hydrogens (tertiary/aromatic N) is 1. The summed E-state index contributed by atoms with van der Waals surface area (Å²) in [6.07, 6.45) is 3.78. The van der Waals surface area contributed by atoms with E-state index in [1.54, 1.807) is 5.57 Å². The average Bonchev–Trinajstić information content (AvgIpc) is 2.87. The minimum atomic E-state index is 0.800. The molecule has 0 amide bonds. The lowest BCUT2D eigenvalue weighted by Crippen LogP contribution is -2.20. The van der Waals surface area contributed by atoms with Gasteiger partial charge in [-0.15, -0.1) is 0 Å². The molecule has 0 N–H and O–H groups in total. The Hall–Kier alpha value is -0.600. The molecule has 1 aromatic carbocycles. The van der Waals surface area contributed by atoms with Gasteiger partial charge in [-0.3, -0.25) is 0 Å². The standard InChI is InChI=1S/C15H18BrN/c1-2-17-9-13-7-12(8-14(13)10-17)11-3-5-15(16)6-4-11/h3-7,13-14H,2,8-10H2,1H3/t13-,14+/m1/s1. The van der Waals surface area contributed by atoms with Crippen LogP contribution in [0.3, 0.4) is 0 Å². The van der Waals surface area contributed by atoms with Gasteiger partial charge in [-0.1, -0.05) is 41.1 Å². The van der Waals surface area contributed by atoms with E-state index >= 15 is 0 Å². The third kappa shape index (κ3) is 2.21. The highest BCUT2D eigenvalue weighted by atomic mass is 79.9. The summed E-state index contributed by atoms with van der Waals surface area (Å²) in [4.78, 5) is 2.57. The van der Waals surface area contributed by atoms with Crippen LogP contribution in [0.1, 0.15) is 18.9 Å². The highest BCUT2D eigenvalue weighted by molar-refractivity contribution is 9.10. The first-order valence-electron chi connectivity index (χ1n) is 6.45. The molecule has 0 bridgehead atoms. The van der Waals surface area contributed by atoms with Crippen LogP contribution in [-0.4, -0.2) is 24.5 Å². The molecule has 0 aromatic heterocycles. The van der Waals surface area contributed by atoms with Gasteiger partial charge in [-0.2, -0.15) is 0 Å². The molecule has 1 saturated heterocycles. The van der Waals surface area contributed by atoms with Crippen LogP contribution in [0.5, 0.6) is 0 Å². The fourth-order valence-corrected chi connectivity index (χ4v) is 3.40. The molecule has 1 aliphatic carbocycles. The molecule has 0 spiro atoms. The quantitative estimate of drug-likeness (QED) is 0.801. The van der Waals surface area contributed by atoms with Crippen LogP contribution < -0.4 is 0 Å². The smallest absolute Gasteiger partial charge is 0.0175 e. The Morgan fingerprint density at radius 2 is 2.00 bits per heavy atom. The van der Waals surface area contributed by atoms with Gasteiger partial charge in [-0.05, 0) is 48.1 Å². The van der Waals surface area contributed by atoms with E-state index in [1.807, 2.05) is 0 Å². The molecule has 17 heavy (non-hydrogen) atoms. The van der Waals surface area contributed by atoms with E-state index in [-0.39, 0.29) is 0 Å². The topological polar surface area (TPSA) is 3.24 Å². The van der Waals surface area contributed by atoms with Crippen LogP contribution in [-0.2, 0) is 0 Å². The molecule has 1 nitrogen and oxygen atoms in total. The maximum absolute atomic E-state index is 3.49. The first kappa shape index (κ1) is 11.5. The van der Waals surface area contributed by atoms with Crippen LogP contribution >= 0.6 is 15.9 Å². The second kappa shape index (κ2) is 4.58. The molecule has 0 unspecified atom stereocenters. The second-order valence-corrected chi connectivity index (χ2v) is 6.09. The van der Waals surface area contributed by atoms with Crippen LogP contribution in [0.4, 0.5) is 0 Å². The highest BCUT2D eigenvalue weighted by Gasteiger charge is 2.35. The monoisotopic (exact) mass is 291 g/mol. The minimum absolute atomic E-state index is 0.800. The number of likely N-dealkylation sites (tertiary alicyclic amines) is 1. The van der Waals surface area contributed by atoms with Gasteiger partial charge in [0.05, 0.1) is 0 Å². The van der Waals surface area contributed by atoms with Crippen molar-refractivity contribution in [2.45, 2.75) is 13.3 Å². The molecule has 1 heterocycles. The predicted octanol–water partition coefficient (Wildman–Crippen LogP) is 3.80. The Balaban J connectivity index is 1.77. The summed E-state index contributed by atoms with van der Waals surface area (Å²) in [5.74, 6) is 1.67. The molecule has 0 radical (unpaired) electrons. The molecule has 1 fully saturated rings. The summed E-state index contributed by atoms with van der Waals surface area (Å²) in [5.41, 5.74) is 2.97. The van der Waals surface area contributed by atoms with Crippen molar-refractivity contribution < 1.29 is 0 Å². The van der Waals surface area contributed by atoms with Gasteiger partial charge < -0.3 is 4.90 Å². The van der Waals surface area contributed by atoms with Gasteiger partial charge in [0.1, 0.15) is 0 Å². The van der Waals surface area contributed by atoms with E-state index in [0.29, 0.717) is 0 Å². The molecular formula is C15H18BrN. The summed E-state index contributed by atoms with van der Waals surface area (Å²) < 4.78 is 1.16. The third-order valence-corrected chi connectivity index (χ3v) is 4.66. The maximum atomic E-state index is 3.49. The lowest BCUT2D eigenvalue weighted by atomic mass is 9.98. The van der Waals surface area contributed by atoms with Crippen molar-refractivity contribution >= 4 is 21.5 Å². The largest absolute Gasteiger partial charge is 0.303 e. The third-order valence-electron chi connectivity index (χ3n) is 4.13. The van der Waals surface area contributed by atoms with Gasteiger partial charge in [0, 0.05) is 17.6 Å². The summed E-state index contributed by atoms with van der Waals surface area (Å²) in [6, 6.07) is 8.74. The molecule has 3 rings (SSSR count). The Morgan fingerprint density at radius 3 is 2.65 bits per heavy atom. The Morgan fingerprint density at radius 1 is 1.24 bits per heavy atom. The summed E-state index contributed by atoms with van der Waals surface area (Å²) >= 11 is 3.49. The number of hydrogen-bond donors (Lipinski definition) is 0. The fraction of sp³-hybridized carbons (Fsp3) is 0.467. The number of rotatable bonds is 2. The van der Waals surface area contributed by atoms with Crippen LogP contribution in [0.25, 0.3) is 5.57 Å². The second-order valence-electron chi connectivity index (χ2n) is 5.18. The van der Waals surface area contributed by atoms with E-state index in [2.05, 4.69) is 58.1 Å². The van der Waals surface area contributed by atoms with Gasteiger partial charge in [-0.25, -0.2) is 0 Å². The van der Waals surface area contributed by atoms with Gasteiger partial charge in [0.15, 0.2) is 0 Å². The molecule has 0 saturated carbocycles. The molecule has 1 aliphatic heterocycles. The Bertz CT molecular complexity index is 435. The van der Waals surface area contributed by atoms with E-state index in [1.165, 1.54) is 31.6 Å². The first-order valence-corrected chi connectivity index (χ1v) is 7.24. The molecule has 2 atom stereocenters. The van der Waals surface area contributed by atoms with Crippen molar-refractivity contribution in [2.75, 3.05) is 19.6 Å². The lowest BCUT2D eigenvalue weighted by molar-refractivity contribution is 0.341. The predicted molar refractivity (Wildman–Crippen MR) is 75.8 cm³/mol. The summed E-state index contributed by atoms with van der Waals surface area (Å²) in [5, 5.41) is 0. The number of benzene rings is 1. The van der Waals surface area contributed by atoms with Crippen LogP contribution in [0.15, 0.2) is 34.8 Å².